The highest BCUT2D eigenvalue weighted by atomic mass is 16.5. The summed E-state index contributed by atoms with van der Waals surface area (Å²) < 4.78 is 17.1. The monoisotopic (exact) mass is 368 g/mol. The Kier molecular flexibility index (Phi) is 5.70. The van der Waals surface area contributed by atoms with E-state index in [0.717, 1.165) is 18.4 Å². The Morgan fingerprint density at radius 1 is 1.26 bits per heavy atom. The highest BCUT2D eigenvalue weighted by molar-refractivity contribution is 5.99. The first-order chi connectivity index (χ1) is 13.1. The second-order valence-corrected chi connectivity index (χ2v) is 6.53. The van der Waals surface area contributed by atoms with Gasteiger partial charge in [0.25, 0.3) is 0 Å². The molecule has 0 unspecified atom stereocenters. The molecule has 142 valence electrons. The van der Waals surface area contributed by atoms with Crippen molar-refractivity contribution >= 4 is 5.78 Å². The van der Waals surface area contributed by atoms with Crippen LogP contribution in [-0.4, -0.2) is 19.0 Å². The maximum Gasteiger partial charge on any atom is 0.205 e. The van der Waals surface area contributed by atoms with Crippen LogP contribution < -0.4 is 15.2 Å². The van der Waals surface area contributed by atoms with Crippen LogP contribution in [0.25, 0.3) is 0 Å². The van der Waals surface area contributed by atoms with E-state index in [4.69, 9.17) is 19.9 Å². The van der Waals surface area contributed by atoms with Gasteiger partial charge < -0.3 is 19.9 Å². The molecule has 0 bridgehead atoms. The lowest BCUT2D eigenvalue weighted by Crippen LogP contribution is -2.27. The molecule has 0 fully saturated rings. The molecule has 0 spiro atoms. The van der Waals surface area contributed by atoms with Crippen molar-refractivity contribution in [1.29, 1.82) is 5.26 Å². The molecule has 1 aromatic rings. The standard InChI is InChI=1S/C21H24N2O4/c1-3-10-26-16-9-8-13(11-18(16)25-4-2)19-14(12-22)21(23)27-17-7-5-6-15(24)20(17)19/h8-9,11,19H,3-7,10,23H2,1-2H3/t19-/m0/s1. The largest absolute Gasteiger partial charge is 0.490 e. The van der Waals surface area contributed by atoms with Crippen molar-refractivity contribution in [3.63, 3.8) is 0 Å². The summed E-state index contributed by atoms with van der Waals surface area (Å²) in [6, 6.07) is 7.65. The van der Waals surface area contributed by atoms with E-state index < -0.39 is 5.92 Å². The first-order valence-electron chi connectivity index (χ1n) is 9.34. The van der Waals surface area contributed by atoms with Crippen LogP contribution >= 0.6 is 0 Å². The lowest BCUT2D eigenvalue weighted by molar-refractivity contribution is -0.116. The molecule has 1 atom stereocenters. The molecule has 0 saturated carbocycles. The Morgan fingerprint density at radius 3 is 2.78 bits per heavy atom. The minimum absolute atomic E-state index is 0.00534. The van der Waals surface area contributed by atoms with Gasteiger partial charge in [0, 0.05) is 18.4 Å². The molecule has 0 radical (unpaired) electrons. The van der Waals surface area contributed by atoms with Gasteiger partial charge in [0.15, 0.2) is 17.3 Å². The summed E-state index contributed by atoms with van der Waals surface area (Å²) in [6.45, 7) is 5.00. The Balaban J connectivity index is 2.09. The fraction of sp³-hybridized carbons (Fsp3) is 0.429. The number of allylic oxidation sites excluding steroid dienone is 3. The van der Waals surface area contributed by atoms with Crippen molar-refractivity contribution in [2.24, 2.45) is 5.73 Å². The molecular formula is C21H24N2O4. The van der Waals surface area contributed by atoms with Crippen molar-refractivity contribution in [2.75, 3.05) is 13.2 Å². The van der Waals surface area contributed by atoms with E-state index in [9.17, 15) is 10.1 Å². The Hall–Kier alpha value is -2.94. The molecular weight excluding hydrogens is 344 g/mol. The van der Waals surface area contributed by atoms with E-state index in [1.807, 2.05) is 32.0 Å². The Labute approximate surface area is 159 Å². The number of rotatable bonds is 6. The summed E-state index contributed by atoms with van der Waals surface area (Å²) >= 11 is 0. The first-order valence-corrected chi connectivity index (χ1v) is 9.34. The molecule has 1 heterocycles. The second kappa shape index (κ2) is 8.17. The molecule has 2 N–H and O–H groups in total. The third kappa shape index (κ3) is 3.63. The van der Waals surface area contributed by atoms with Gasteiger partial charge in [-0.05, 0) is 37.5 Å². The average molecular weight is 368 g/mol. The van der Waals surface area contributed by atoms with Crippen LogP contribution in [0.5, 0.6) is 11.5 Å². The summed E-state index contributed by atoms with van der Waals surface area (Å²) in [5.74, 6) is 1.36. The van der Waals surface area contributed by atoms with Gasteiger partial charge in [0.2, 0.25) is 5.88 Å². The second-order valence-electron chi connectivity index (χ2n) is 6.53. The molecule has 6 heteroatoms. The van der Waals surface area contributed by atoms with Gasteiger partial charge in [-0.2, -0.15) is 5.26 Å². The SMILES string of the molecule is CCCOc1ccc([C@H]2C(C#N)=C(N)OC3=C2C(=O)CCC3)cc1OCC. The minimum atomic E-state index is -0.536. The van der Waals surface area contributed by atoms with Gasteiger partial charge >= 0.3 is 0 Å². The van der Waals surface area contributed by atoms with E-state index in [2.05, 4.69) is 6.07 Å². The highest BCUT2D eigenvalue weighted by Crippen LogP contribution is 2.45. The Bertz CT molecular complexity index is 848. The number of hydrogen-bond donors (Lipinski definition) is 1. The molecule has 1 aromatic carbocycles. The molecule has 0 amide bonds. The molecule has 3 rings (SSSR count). The highest BCUT2D eigenvalue weighted by Gasteiger charge is 2.38. The third-order valence-corrected chi connectivity index (χ3v) is 4.67. The van der Waals surface area contributed by atoms with Gasteiger partial charge in [0.1, 0.15) is 17.4 Å². The van der Waals surface area contributed by atoms with Crippen molar-refractivity contribution < 1.29 is 19.0 Å². The van der Waals surface area contributed by atoms with Crippen LogP contribution in [0.4, 0.5) is 0 Å². The third-order valence-electron chi connectivity index (χ3n) is 4.67. The number of carbonyl (C=O) groups excluding carboxylic acids is 1. The maximum absolute atomic E-state index is 12.6. The number of ether oxygens (including phenoxy) is 3. The molecule has 0 saturated heterocycles. The quantitative estimate of drug-likeness (QED) is 0.823. The van der Waals surface area contributed by atoms with Gasteiger partial charge in [-0.25, -0.2) is 0 Å². The molecule has 1 aliphatic heterocycles. The number of hydrogen-bond acceptors (Lipinski definition) is 6. The summed E-state index contributed by atoms with van der Waals surface area (Å²) in [5.41, 5.74) is 7.56. The molecule has 1 aliphatic carbocycles. The van der Waals surface area contributed by atoms with Gasteiger partial charge in [-0.1, -0.05) is 13.0 Å². The number of nitrogens with zero attached hydrogens (tertiary/aromatic N) is 1. The van der Waals surface area contributed by atoms with Crippen LogP contribution in [-0.2, 0) is 9.53 Å². The van der Waals surface area contributed by atoms with Gasteiger partial charge in [-0.15, -0.1) is 0 Å². The smallest absolute Gasteiger partial charge is 0.205 e. The number of benzene rings is 1. The first kappa shape index (κ1) is 18.8. The topological polar surface area (TPSA) is 94.6 Å². The molecule has 2 aliphatic rings. The van der Waals surface area contributed by atoms with Crippen LogP contribution in [0.15, 0.2) is 41.0 Å². The number of nitriles is 1. The fourth-order valence-electron chi connectivity index (χ4n) is 3.49. The lowest BCUT2D eigenvalue weighted by Gasteiger charge is -2.31. The fourth-order valence-corrected chi connectivity index (χ4v) is 3.49. The van der Waals surface area contributed by atoms with Crippen molar-refractivity contribution in [2.45, 2.75) is 45.4 Å². The van der Waals surface area contributed by atoms with Gasteiger partial charge in [-0.3, -0.25) is 4.79 Å². The van der Waals surface area contributed by atoms with E-state index in [1.54, 1.807) is 0 Å². The van der Waals surface area contributed by atoms with Crippen LogP contribution in [0.2, 0.25) is 0 Å². The van der Waals surface area contributed by atoms with E-state index in [0.29, 0.717) is 48.9 Å². The number of Topliss-reactive ketones (excluding diaryl/α,β-unsaturated/α-hetero) is 1. The van der Waals surface area contributed by atoms with E-state index in [-0.39, 0.29) is 17.2 Å². The predicted molar refractivity (Wildman–Crippen MR) is 99.9 cm³/mol. The van der Waals surface area contributed by atoms with Crippen molar-refractivity contribution in [3.8, 4) is 17.6 Å². The van der Waals surface area contributed by atoms with Gasteiger partial charge in [0.05, 0.1) is 19.1 Å². The minimum Gasteiger partial charge on any atom is -0.490 e. The van der Waals surface area contributed by atoms with Crippen LogP contribution in [0, 0.1) is 11.3 Å². The predicted octanol–water partition coefficient (Wildman–Crippen LogP) is 3.69. The molecule has 6 nitrogen and oxygen atoms in total. The zero-order valence-electron chi connectivity index (χ0n) is 15.7. The van der Waals surface area contributed by atoms with E-state index in [1.165, 1.54) is 0 Å². The summed E-state index contributed by atoms with van der Waals surface area (Å²) in [4.78, 5) is 12.6. The maximum atomic E-state index is 12.6. The number of nitrogens with two attached hydrogens (primary N) is 1. The number of carbonyl (C=O) groups is 1. The molecule has 27 heavy (non-hydrogen) atoms. The van der Waals surface area contributed by atoms with Crippen LogP contribution in [0.3, 0.4) is 0 Å². The molecule has 0 aromatic heterocycles. The van der Waals surface area contributed by atoms with E-state index >= 15 is 0 Å². The average Bonchev–Trinajstić information content (AvgIpc) is 2.66. The number of ketones is 1. The summed E-state index contributed by atoms with van der Waals surface area (Å²) in [6.07, 6.45) is 2.71. The summed E-state index contributed by atoms with van der Waals surface area (Å²) in [5, 5.41) is 9.66. The van der Waals surface area contributed by atoms with Crippen LogP contribution in [0.1, 0.15) is 51.0 Å². The zero-order chi connectivity index (χ0) is 19.4. The van der Waals surface area contributed by atoms with Crippen molar-refractivity contribution in [3.05, 3.63) is 46.6 Å². The Morgan fingerprint density at radius 2 is 2.07 bits per heavy atom. The van der Waals surface area contributed by atoms with Crippen molar-refractivity contribution in [1.82, 2.24) is 0 Å². The lowest BCUT2D eigenvalue weighted by atomic mass is 9.77. The summed E-state index contributed by atoms with van der Waals surface area (Å²) in [7, 11) is 0. The normalized spacial score (nSPS) is 19.3. The zero-order valence-corrected chi connectivity index (χ0v) is 15.7.